The molecule has 0 radical (unpaired) electrons. The van der Waals surface area contributed by atoms with Crippen LogP contribution >= 0.6 is 0 Å². The average Bonchev–Trinajstić information content (AvgIpc) is 2.64. The Morgan fingerprint density at radius 3 is 2.62 bits per heavy atom. The van der Waals surface area contributed by atoms with Crippen LogP contribution in [0.25, 0.3) is 0 Å². The molecular formula is C20H24N3O3+. The Balaban J connectivity index is 1.56. The quantitative estimate of drug-likeness (QED) is 0.319. The zero-order chi connectivity index (χ0) is 18.6. The van der Waals surface area contributed by atoms with Crippen molar-refractivity contribution in [2.45, 2.75) is 39.2 Å². The first-order chi connectivity index (χ1) is 12.7. The highest BCUT2D eigenvalue weighted by molar-refractivity contribution is 5.84. The van der Waals surface area contributed by atoms with Crippen LogP contribution in [0.15, 0.2) is 53.7 Å². The summed E-state index contributed by atoms with van der Waals surface area (Å²) in [7, 11) is 0. The first-order valence-electron chi connectivity index (χ1n) is 8.76. The van der Waals surface area contributed by atoms with E-state index in [1.54, 1.807) is 24.3 Å². The molecule has 0 aliphatic rings. The second-order valence-corrected chi connectivity index (χ2v) is 5.96. The number of carbonyl (C=O) groups excluding carboxylic acids is 2. The van der Waals surface area contributed by atoms with Crippen LogP contribution in [0.5, 0.6) is 0 Å². The number of carbonyl (C=O) groups is 1. The Hall–Kier alpha value is -2.98. The van der Waals surface area contributed by atoms with Crippen LogP contribution in [0.1, 0.15) is 31.4 Å². The standard InChI is InChI=1S/C20H23N3O3/c1-17-8-4-6-14-23(17)13-5-2-3-7-15-26-20(25)22-19-11-9-18(10-12-19)21-16-24/h4,6,8-12,14H,2-3,5,7,13,15H2,1H3/p+1. The van der Waals surface area contributed by atoms with Gasteiger partial charge in [-0.15, -0.1) is 0 Å². The maximum atomic E-state index is 11.7. The molecule has 26 heavy (non-hydrogen) atoms. The predicted molar refractivity (Wildman–Crippen MR) is 99.0 cm³/mol. The van der Waals surface area contributed by atoms with Gasteiger partial charge in [-0.05, 0) is 43.5 Å². The SMILES string of the molecule is Cc1cccc[n+]1CCCCCCOC(=O)Nc1ccc(N=C=O)cc1. The highest BCUT2D eigenvalue weighted by Gasteiger charge is 2.05. The van der Waals surface area contributed by atoms with E-state index in [-0.39, 0.29) is 0 Å². The first-order valence-corrected chi connectivity index (χ1v) is 8.76. The molecule has 2 rings (SSSR count). The number of aromatic nitrogens is 1. The molecule has 0 unspecified atom stereocenters. The topological polar surface area (TPSA) is 71.6 Å². The van der Waals surface area contributed by atoms with Gasteiger partial charge < -0.3 is 4.74 Å². The molecule has 0 aliphatic carbocycles. The summed E-state index contributed by atoms with van der Waals surface area (Å²) >= 11 is 0. The van der Waals surface area contributed by atoms with Crippen molar-refractivity contribution in [2.75, 3.05) is 11.9 Å². The van der Waals surface area contributed by atoms with Crippen molar-refractivity contribution >= 4 is 23.5 Å². The minimum Gasteiger partial charge on any atom is -0.449 e. The number of aryl methyl sites for hydroxylation is 2. The van der Waals surface area contributed by atoms with E-state index in [0.29, 0.717) is 18.0 Å². The molecule has 1 aromatic heterocycles. The number of anilines is 1. The van der Waals surface area contributed by atoms with Crippen LogP contribution in [0, 0.1) is 6.92 Å². The Morgan fingerprint density at radius 2 is 1.88 bits per heavy atom. The number of unbranched alkanes of at least 4 members (excludes halogenated alkanes) is 3. The second-order valence-electron chi connectivity index (χ2n) is 5.96. The largest absolute Gasteiger partial charge is 0.449 e. The third-order valence-corrected chi connectivity index (χ3v) is 3.98. The fourth-order valence-corrected chi connectivity index (χ4v) is 2.54. The van der Waals surface area contributed by atoms with Crippen molar-refractivity contribution in [1.82, 2.24) is 0 Å². The fourth-order valence-electron chi connectivity index (χ4n) is 2.54. The molecule has 1 heterocycles. The number of benzene rings is 1. The summed E-state index contributed by atoms with van der Waals surface area (Å²) in [4.78, 5) is 25.4. The second kappa shape index (κ2) is 10.8. The molecule has 6 heteroatoms. The van der Waals surface area contributed by atoms with E-state index in [4.69, 9.17) is 4.74 Å². The normalized spacial score (nSPS) is 10.0. The first kappa shape index (κ1) is 19.3. The zero-order valence-electron chi connectivity index (χ0n) is 15.0. The minimum absolute atomic E-state index is 0.400. The average molecular weight is 354 g/mol. The van der Waals surface area contributed by atoms with Gasteiger partial charge in [0, 0.05) is 31.2 Å². The van der Waals surface area contributed by atoms with E-state index in [1.807, 2.05) is 12.1 Å². The van der Waals surface area contributed by atoms with Gasteiger partial charge in [-0.3, -0.25) is 5.32 Å². The van der Waals surface area contributed by atoms with E-state index in [1.165, 1.54) is 11.8 Å². The summed E-state index contributed by atoms with van der Waals surface area (Å²) < 4.78 is 7.41. The van der Waals surface area contributed by atoms with Crippen LogP contribution in [0.2, 0.25) is 0 Å². The van der Waals surface area contributed by atoms with Gasteiger partial charge >= 0.3 is 6.09 Å². The number of amides is 1. The molecule has 6 nitrogen and oxygen atoms in total. The number of hydrogen-bond acceptors (Lipinski definition) is 4. The van der Waals surface area contributed by atoms with Gasteiger partial charge in [-0.2, -0.15) is 4.99 Å². The predicted octanol–water partition coefficient (Wildman–Crippen LogP) is 4.06. The molecule has 1 amide bonds. The van der Waals surface area contributed by atoms with Crippen LogP contribution in [-0.4, -0.2) is 18.8 Å². The minimum atomic E-state index is -0.480. The number of rotatable bonds is 9. The van der Waals surface area contributed by atoms with E-state index < -0.39 is 6.09 Å². The van der Waals surface area contributed by atoms with E-state index >= 15 is 0 Å². The van der Waals surface area contributed by atoms with Crippen LogP contribution in [0.3, 0.4) is 0 Å². The van der Waals surface area contributed by atoms with E-state index in [0.717, 1.165) is 32.2 Å². The maximum absolute atomic E-state index is 11.7. The third kappa shape index (κ3) is 6.87. The fraction of sp³-hybridized carbons (Fsp3) is 0.350. The molecular weight excluding hydrogens is 330 g/mol. The number of nitrogens with one attached hydrogen (secondary N) is 1. The van der Waals surface area contributed by atoms with Gasteiger partial charge in [0.25, 0.3) is 0 Å². The molecule has 1 N–H and O–H groups in total. The Kier molecular flexibility index (Phi) is 8.03. The van der Waals surface area contributed by atoms with Crippen LogP contribution in [0.4, 0.5) is 16.2 Å². The van der Waals surface area contributed by atoms with Gasteiger partial charge in [0.2, 0.25) is 6.08 Å². The lowest BCUT2D eigenvalue weighted by Crippen LogP contribution is -2.36. The molecule has 0 spiro atoms. The molecule has 136 valence electrons. The number of isocyanates is 1. The third-order valence-electron chi connectivity index (χ3n) is 3.98. The number of aliphatic imine (C=N–C) groups is 1. The monoisotopic (exact) mass is 354 g/mol. The molecule has 0 saturated heterocycles. The number of hydrogen-bond donors (Lipinski definition) is 1. The van der Waals surface area contributed by atoms with Crippen molar-refractivity contribution in [2.24, 2.45) is 4.99 Å². The van der Waals surface area contributed by atoms with E-state index in [9.17, 15) is 9.59 Å². The van der Waals surface area contributed by atoms with Crippen molar-refractivity contribution in [3.05, 3.63) is 54.4 Å². The molecule has 0 atom stereocenters. The molecule has 2 aromatic rings. The van der Waals surface area contributed by atoms with Gasteiger partial charge in [0.05, 0.1) is 12.3 Å². The Morgan fingerprint density at radius 1 is 1.12 bits per heavy atom. The van der Waals surface area contributed by atoms with Crippen LogP contribution in [-0.2, 0) is 16.1 Å². The lowest BCUT2D eigenvalue weighted by molar-refractivity contribution is -0.703. The van der Waals surface area contributed by atoms with Crippen molar-refractivity contribution in [3.63, 3.8) is 0 Å². The highest BCUT2D eigenvalue weighted by Crippen LogP contribution is 2.15. The lowest BCUT2D eigenvalue weighted by Gasteiger charge is -2.07. The Labute approximate surface area is 153 Å². The maximum Gasteiger partial charge on any atom is 0.411 e. The van der Waals surface area contributed by atoms with Gasteiger partial charge in [-0.1, -0.05) is 6.07 Å². The molecule has 0 saturated carbocycles. The summed E-state index contributed by atoms with van der Waals surface area (Å²) in [6.07, 6.45) is 7.17. The number of nitrogens with zero attached hydrogens (tertiary/aromatic N) is 2. The summed E-state index contributed by atoms with van der Waals surface area (Å²) in [5.41, 5.74) is 2.34. The van der Waals surface area contributed by atoms with Crippen molar-refractivity contribution in [1.29, 1.82) is 0 Å². The summed E-state index contributed by atoms with van der Waals surface area (Å²) in [5, 5.41) is 2.64. The van der Waals surface area contributed by atoms with Crippen molar-refractivity contribution < 1.29 is 18.9 Å². The smallest absolute Gasteiger partial charge is 0.411 e. The summed E-state index contributed by atoms with van der Waals surface area (Å²) in [6.45, 7) is 3.52. The van der Waals surface area contributed by atoms with E-state index in [2.05, 4.69) is 34.1 Å². The molecule has 0 aliphatic heterocycles. The van der Waals surface area contributed by atoms with Gasteiger partial charge in [0.1, 0.15) is 6.54 Å². The summed E-state index contributed by atoms with van der Waals surface area (Å²) in [6, 6.07) is 12.7. The lowest BCUT2D eigenvalue weighted by atomic mass is 10.2. The van der Waals surface area contributed by atoms with Crippen molar-refractivity contribution in [3.8, 4) is 0 Å². The van der Waals surface area contributed by atoms with Crippen LogP contribution < -0.4 is 9.88 Å². The highest BCUT2D eigenvalue weighted by atomic mass is 16.5. The zero-order valence-corrected chi connectivity index (χ0v) is 15.0. The van der Waals surface area contributed by atoms with Gasteiger partial charge in [0.15, 0.2) is 11.9 Å². The molecule has 1 aromatic carbocycles. The summed E-state index contributed by atoms with van der Waals surface area (Å²) in [5.74, 6) is 0. The number of ether oxygens (including phenoxy) is 1. The molecule has 0 bridgehead atoms. The molecule has 0 fully saturated rings. The Bertz CT molecular complexity index is 753. The van der Waals surface area contributed by atoms with Gasteiger partial charge in [-0.25, -0.2) is 14.2 Å². The number of pyridine rings is 1.